The molecule has 2 aromatic carbocycles. The Morgan fingerprint density at radius 2 is 1.44 bits per heavy atom. The Morgan fingerprint density at radius 1 is 0.889 bits per heavy atom. The van der Waals surface area contributed by atoms with E-state index in [4.69, 9.17) is 0 Å². The molecule has 87 valence electrons. The smallest absolute Gasteiger partial charge is 0 e. The van der Waals surface area contributed by atoms with Crippen LogP contribution in [0.4, 0.5) is 0 Å². The van der Waals surface area contributed by atoms with Gasteiger partial charge in [-0.1, -0.05) is 36.4 Å². The first-order valence-corrected chi connectivity index (χ1v) is 5.65. The molecule has 0 fully saturated rings. The van der Waals surface area contributed by atoms with Crippen LogP contribution >= 0.6 is 0 Å². The van der Waals surface area contributed by atoms with Crippen LogP contribution in [0.15, 0.2) is 66.7 Å². The Hall–Kier alpha value is -0.976. The van der Waals surface area contributed by atoms with Gasteiger partial charge in [-0.05, 0) is 0 Å². The van der Waals surface area contributed by atoms with E-state index in [0.29, 0.717) is 0 Å². The van der Waals surface area contributed by atoms with Gasteiger partial charge in [0.05, 0.1) is 0 Å². The summed E-state index contributed by atoms with van der Waals surface area (Å²) in [4.78, 5) is 0. The van der Waals surface area contributed by atoms with Crippen LogP contribution in [0, 0.1) is 12.2 Å². The molecule has 0 aliphatic heterocycles. The van der Waals surface area contributed by atoms with Crippen molar-refractivity contribution in [1.82, 2.24) is 0 Å². The molecule has 0 saturated heterocycles. The Morgan fingerprint density at radius 3 is 2.00 bits per heavy atom. The number of hydrogen-bond acceptors (Lipinski definition) is 0. The van der Waals surface area contributed by atoms with E-state index < -0.39 is 0 Å². The van der Waals surface area contributed by atoms with E-state index in [1.54, 1.807) is 0 Å². The van der Waals surface area contributed by atoms with Gasteiger partial charge < -0.3 is 6.08 Å². The zero-order valence-electron chi connectivity index (χ0n) is 10.4. The van der Waals surface area contributed by atoms with E-state index in [2.05, 4.69) is 24.3 Å². The quantitative estimate of drug-likeness (QED) is 0.450. The minimum atomic E-state index is 0. The molecule has 0 saturated carbocycles. The second kappa shape index (κ2) is 8.18. The summed E-state index contributed by atoms with van der Waals surface area (Å²) < 4.78 is 0. The van der Waals surface area contributed by atoms with Crippen LogP contribution in [0.25, 0.3) is 5.57 Å². The van der Waals surface area contributed by atoms with Crippen LogP contribution in [-0.2, 0) is 32.7 Å². The molecule has 2 rings (SSSR count). The van der Waals surface area contributed by atoms with E-state index in [1.807, 2.05) is 61.5 Å². The van der Waals surface area contributed by atoms with E-state index in [1.165, 1.54) is 0 Å². The second-order valence-corrected chi connectivity index (χ2v) is 3.70. The van der Waals surface area contributed by atoms with Crippen LogP contribution < -0.4 is 0 Å². The van der Waals surface area contributed by atoms with Crippen molar-refractivity contribution >= 4 is 5.57 Å². The minimum absolute atomic E-state index is 0. The number of allylic oxidation sites excluding steroid dienone is 3. The number of benzene rings is 2. The van der Waals surface area contributed by atoms with Crippen molar-refractivity contribution in [2.75, 3.05) is 0 Å². The molecule has 0 spiro atoms. The standard InChI is InChI=1S/C17H14.Y/c1-2-9-17(16-12-7-4-8-13-16)14-15-10-5-3-6-11-15;/h3-13H,1H3;/q-2;. The van der Waals surface area contributed by atoms with Gasteiger partial charge in [0.15, 0.2) is 0 Å². The largest absolute Gasteiger partial charge is 0.320 e. The van der Waals surface area contributed by atoms with Crippen LogP contribution in [0.5, 0.6) is 0 Å². The monoisotopic (exact) mass is 307 g/mol. The third-order valence-electron chi connectivity index (χ3n) is 2.43. The molecule has 0 aliphatic rings. The summed E-state index contributed by atoms with van der Waals surface area (Å²) in [6.07, 6.45) is 8.42. The number of hydrogen-bond donors (Lipinski definition) is 0. The summed E-state index contributed by atoms with van der Waals surface area (Å²) in [5, 5.41) is 0. The Labute approximate surface area is 134 Å². The maximum absolute atomic E-state index is 3.39. The van der Waals surface area contributed by atoms with E-state index >= 15 is 0 Å². The Balaban J connectivity index is 0.00000162. The first-order valence-electron chi connectivity index (χ1n) is 5.65. The molecule has 0 bridgehead atoms. The predicted molar refractivity (Wildman–Crippen MR) is 72.1 cm³/mol. The molecule has 0 aromatic heterocycles. The third kappa shape index (κ3) is 4.36. The van der Waals surface area contributed by atoms with Crippen molar-refractivity contribution in [3.8, 4) is 0 Å². The van der Waals surface area contributed by atoms with Gasteiger partial charge in [-0.2, -0.15) is 5.56 Å². The molecule has 2 aromatic rings. The summed E-state index contributed by atoms with van der Waals surface area (Å²) in [6.45, 7) is 1.90. The maximum atomic E-state index is 3.39. The first-order chi connectivity index (χ1) is 8.40. The first kappa shape index (κ1) is 15.1. The van der Waals surface area contributed by atoms with Gasteiger partial charge in [-0.25, -0.2) is 6.08 Å². The van der Waals surface area contributed by atoms with Gasteiger partial charge in [0.25, 0.3) is 0 Å². The summed E-state index contributed by atoms with van der Waals surface area (Å²) >= 11 is 0. The van der Waals surface area contributed by atoms with Gasteiger partial charge in [-0.15, -0.1) is 36.8 Å². The molecule has 1 radical (unpaired) electrons. The van der Waals surface area contributed by atoms with Crippen LogP contribution in [0.2, 0.25) is 0 Å². The normalized spacial score (nSPS) is 11.3. The summed E-state index contributed by atoms with van der Waals surface area (Å²) in [5.41, 5.74) is 3.29. The van der Waals surface area contributed by atoms with E-state index in [0.717, 1.165) is 16.7 Å². The molecule has 0 amide bonds. The summed E-state index contributed by atoms with van der Waals surface area (Å²) in [6, 6.07) is 20.4. The molecule has 0 unspecified atom stereocenters. The fourth-order valence-electron chi connectivity index (χ4n) is 1.63. The Bertz CT molecular complexity index is 510. The van der Waals surface area contributed by atoms with Crippen molar-refractivity contribution in [2.24, 2.45) is 0 Å². The van der Waals surface area contributed by atoms with Gasteiger partial charge in [0.2, 0.25) is 0 Å². The Kier molecular flexibility index (Phi) is 6.86. The fourth-order valence-corrected chi connectivity index (χ4v) is 1.63. The van der Waals surface area contributed by atoms with Gasteiger partial charge in [-0.3, -0.25) is 11.6 Å². The van der Waals surface area contributed by atoms with Crippen molar-refractivity contribution in [1.29, 1.82) is 0 Å². The topological polar surface area (TPSA) is 0 Å². The molecular weight excluding hydrogens is 293 g/mol. The van der Waals surface area contributed by atoms with Gasteiger partial charge >= 0.3 is 0 Å². The molecule has 0 atom stereocenters. The third-order valence-corrected chi connectivity index (χ3v) is 2.43. The zero-order valence-corrected chi connectivity index (χ0v) is 13.3. The fraction of sp³-hybridized carbons (Fsp3) is 0.0588. The van der Waals surface area contributed by atoms with Crippen LogP contribution in [0.3, 0.4) is 0 Å². The minimum Gasteiger partial charge on any atom is -0.320 e. The molecule has 1 heteroatoms. The molecule has 0 aliphatic carbocycles. The molecule has 0 N–H and O–H groups in total. The van der Waals surface area contributed by atoms with Crippen molar-refractivity contribution in [3.63, 3.8) is 0 Å². The molecule has 0 nitrogen and oxygen atoms in total. The summed E-state index contributed by atoms with van der Waals surface area (Å²) in [5.74, 6) is 0. The maximum Gasteiger partial charge on any atom is 0 e. The number of rotatable bonds is 3. The van der Waals surface area contributed by atoms with Crippen LogP contribution in [-0.4, -0.2) is 0 Å². The molecular formula is C17H14Y-2. The van der Waals surface area contributed by atoms with Gasteiger partial charge in [0, 0.05) is 32.7 Å². The molecule has 0 heterocycles. The second-order valence-electron chi connectivity index (χ2n) is 3.70. The average Bonchev–Trinajstić information content (AvgIpc) is 2.40. The van der Waals surface area contributed by atoms with Gasteiger partial charge in [0.1, 0.15) is 0 Å². The van der Waals surface area contributed by atoms with Crippen molar-refractivity contribution in [2.45, 2.75) is 6.92 Å². The SMILES string of the molecule is C[C-]=CC(=[C-]c1ccccc1)c1ccccc1.[Y]. The predicted octanol–water partition coefficient (Wildman–Crippen LogP) is 4.30. The van der Waals surface area contributed by atoms with Crippen molar-refractivity contribution in [3.05, 3.63) is 90.0 Å². The average molecular weight is 307 g/mol. The summed E-state index contributed by atoms with van der Waals surface area (Å²) in [7, 11) is 0. The molecule has 18 heavy (non-hydrogen) atoms. The van der Waals surface area contributed by atoms with E-state index in [9.17, 15) is 0 Å². The van der Waals surface area contributed by atoms with Crippen molar-refractivity contribution < 1.29 is 32.7 Å². The van der Waals surface area contributed by atoms with E-state index in [-0.39, 0.29) is 32.7 Å². The van der Waals surface area contributed by atoms with Crippen LogP contribution in [0.1, 0.15) is 18.1 Å². The zero-order chi connectivity index (χ0) is 11.9.